The first-order valence-corrected chi connectivity index (χ1v) is 8.78. The second-order valence-electron chi connectivity index (χ2n) is 5.86. The SMILES string of the molecule is O=S(=O)(c1ccccc1)[C@@H]1[C@@H](c2cccc(F)c2)C1(CO)CO. The van der Waals surface area contributed by atoms with Gasteiger partial charge in [-0.3, -0.25) is 0 Å². The van der Waals surface area contributed by atoms with E-state index in [1.165, 1.54) is 30.3 Å². The molecular formula is C17H17FO4S. The van der Waals surface area contributed by atoms with Crippen LogP contribution in [0.15, 0.2) is 59.5 Å². The molecule has 1 aliphatic rings. The summed E-state index contributed by atoms with van der Waals surface area (Å²) in [6, 6.07) is 13.5. The molecule has 2 aromatic carbocycles. The van der Waals surface area contributed by atoms with Crippen LogP contribution < -0.4 is 0 Å². The van der Waals surface area contributed by atoms with E-state index < -0.39 is 45.5 Å². The topological polar surface area (TPSA) is 74.6 Å². The van der Waals surface area contributed by atoms with Crippen molar-refractivity contribution in [3.63, 3.8) is 0 Å². The van der Waals surface area contributed by atoms with Crippen LogP contribution in [0.4, 0.5) is 4.39 Å². The standard InChI is InChI=1S/C17H17FO4S/c18-13-6-4-5-12(9-13)15-16(17(15,10-19)11-20)23(21,22)14-7-2-1-3-8-14/h1-9,15-16,19-20H,10-11H2/t15-,16-/m1/s1. The molecule has 0 bridgehead atoms. The Morgan fingerprint density at radius 3 is 2.22 bits per heavy atom. The highest BCUT2D eigenvalue weighted by molar-refractivity contribution is 7.92. The molecule has 0 aromatic heterocycles. The van der Waals surface area contributed by atoms with Gasteiger partial charge in [0.15, 0.2) is 9.84 Å². The Hall–Kier alpha value is -1.76. The van der Waals surface area contributed by atoms with E-state index in [1.54, 1.807) is 24.3 Å². The van der Waals surface area contributed by atoms with Crippen LogP contribution in [-0.4, -0.2) is 37.1 Å². The van der Waals surface area contributed by atoms with Gasteiger partial charge in [-0.15, -0.1) is 0 Å². The van der Waals surface area contributed by atoms with Crippen molar-refractivity contribution in [3.05, 3.63) is 66.0 Å². The van der Waals surface area contributed by atoms with E-state index in [2.05, 4.69) is 0 Å². The Labute approximate surface area is 134 Å². The van der Waals surface area contributed by atoms with E-state index in [-0.39, 0.29) is 4.90 Å². The maximum atomic E-state index is 13.5. The van der Waals surface area contributed by atoms with Crippen molar-refractivity contribution >= 4 is 9.84 Å². The molecule has 0 amide bonds. The molecule has 3 rings (SSSR count). The van der Waals surface area contributed by atoms with Crippen molar-refractivity contribution in [3.8, 4) is 0 Å². The first-order valence-electron chi connectivity index (χ1n) is 7.23. The van der Waals surface area contributed by atoms with E-state index in [4.69, 9.17) is 0 Å². The summed E-state index contributed by atoms with van der Waals surface area (Å²) in [5, 5.41) is 18.5. The first kappa shape index (κ1) is 16.1. The fourth-order valence-electron chi connectivity index (χ4n) is 3.33. The highest BCUT2D eigenvalue weighted by atomic mass is 32.2. The zero-order valence-electron chi connectivity index (χ0n) is 12.3. The van der Waals surface area contributed by atoms with Crippen molar-refractivity contribution in [1.82, 2.24) is 0 Å². The third kappa shape index (κ3) is 2.47. The molecule has 0 saturated heterocycles. The summed E-state index contributed by atoms with van der Waals surface area (Å²) < 4.78 is 39.2. The second-order valence-corrected chi connectivity index (χ2v) is 7.93. The minimum atomic E-state index is -3.75. The number of rotatable bonds is 5. The van der Waals surface area contributed by atoms with Gasteiger partial charge in [0, 0.05) is 11.3 Å². The fourth-order valence-corrected chi connectivity index (χ4v) is 5.78. The molecule has 0 heterocycles. The Morgan fingerprint density at radius 1 is 1.00 bits per heavy atom. The van der Waals surface area contributed by atoms with Crippen LogP contribution in [0.1, 0.15) is 11.5 Å². The lowest BCUT2D eigenvalue weighted by atomic mass is 10.0. The van der Waals surface area contributed by atoms with Crippen molar-refractivity contribution in [2.75, 3.05) is 13.2 Å². The van der Waals surface area contributed by atoms with E-state index in [9.17, 15) is 23.0 Å². The largest absolute Gasteiger partial charge is 0.396 e. The molecule has 0 spiro atoms. The van der Waals surface area contributed by atoms with Gasteiger partial charge in [0.25, 0.3) is 0 Å². The van der Waals surface area contributed by atoms with E-state index in [0.29, 0.717) is 5.56 Å². The molecule has 0 unspecified atom stereocenters. The summed E-state index contributed by atoms with van der Waals surface area (Å²) in [7, 11) is -3.75. The molecule has 6 heteroatoms. The quantitative estimate of drug-likeness (QED) is 0.872. The van der Waals surface area contributed by atoms with E-state index >= 15 is 0 Å². The molecule has 1 fully saturated rings. The van der Waals surface area contributed by atoms with Crippen LogP contribution in [-0.2, 0) is 9.84 Å². The molecule has 23 heavy (non-hydrogen) atoms. The molecule has 1 saturated carbocycles. The Bertz CT molecular complexity index is 800. The summed E-state index contributed by atoms with van der Waals surface area (Å²) in [6.07, 6.45) is 0. The minimum Gasteiger partial charge on any atom is -0.396 e. The molecule has 122 valence electrons. The van der Waals surface area contributed by atoms with Crippen molar-refractivity contribution < 1.29 is 23.0 Å². The summed E-state index contributed by atoms with van der Waals surface area (Å²) in [4.78, 5) is 0.134. The Kier molecular flexibility index (Phi) is 4.00. The normalized spacial score (nSPS) is 22.7. The zero-order chi connectivity index (χ0) is 16.7. The second kappa shape index (κ2) is 5.70. The van der Waals surface area contributed by atoms with Gasteiger partial charge in [-0.25, -0.2) is 12.8 Å². The molecule has 0 aliphatic heterocycles. The highest BCUT2D eigenvalue weighted by Crippen LogP contribution is 2.63. The zero-order valence-corrected chi connectivity index (χ0v) is 13.1. The van der Waals surface area contributed by atoms with Crippen LogP contribution in [0.5, 0.6) is 0 Å². The number of hydrogen-bond donors (Lipinski definition) is 2. The lowest BCUT2D eigenvalue weighted by Crippen LogP contribution is -2.22. The molecule has 2 N–H and O–H groups in total. The summed E-state index contributed by atoms with van der Waals surface area (Å²) >= 11 is 0. The molecule has 0 radical (unpaired) electrons. The minimum absolute atomic E-state index is 0.134. The molecule has 4 nitrogen and oxygen atoms in total. The smallest absolute Gasteiger partial charge is 0.182 e. The van der Waals surface area contributed by atoms with E-state index in [1.807, 2.05) is 0 Å². The summed E-state index contributed by atoms with van der Waals surface area (Å²) in [6.45, 7) is -0.969. The molecule has 2 atom stereocenters. The highest BCUT2D eigenvalue weighted by Gasteiger charge is 2.70. The maximum absolute atomic E-state index is 13.5. The molecular weight excluding hydrogens is 319 g/mol. The van der Waals surface area contributed by atoms with Gasteiger partial charge < -0.3 is 10.2 Å². The van der Waals surface area contributed by atoms with Crippen LogP contribution >= 0.6 is 0 Å². The van der Waals surface area contributed by atoms with Gasteiger partial charge in [-0.1, -0.05) is 30.3 Å². The van der Waals surface area contributed by atoms with Gasteiger partial charge in [-0.2, -0.15) is 0 Å². The van der Waals surface area contributed by atoms with Gasteiger partial charge in [-0.05, 0) is 29.8 Å². The fraction of sp³-hybridized carbons (Fsp3) is 0.294. The Morgan fingerprint density at radius 2 is 1.65 bits per heavy atom. The van der Waals surface area contributed by atoms with Crippen LogP contribution in [0.2, 0.25) is 0 Å². The lowest BCUT2D eigenvalue weighted by Gasteiger charge is -2.11. The average Bonchev–Trinajstić information content (AvgIpc) is 3.26. The predicted octanol–water partition coefficient (Wildman–Crippen LogP) is 1.74. The number of benzene rings is 2. The number of aliphatic hydroxyl groups excluding tert-OH is 2. The van der Waals surface area contributed by atoms with Gasteiger partial charge in [0.1, 0.15) is 5.82 Å². The lowest BCUT2D eigenvalue weighted by molar-refractivity contribution is 0.130. The van der Waals surface area contributed by atoms with Crippen LogP contribution in [0.3, 0.4) is 0 Å². The molecule has 1 aliphatic carbocycles. The number of aliphatic hydroxyl groups is 2. The van der Waals surface area contributed by atoms with Crippen molar-refractivity contribution in [2.24, 2.45) is 5.41 Å². The average molecular weight is 336 g/mol. The van der Waals surface area contributed by atoms with Crippen LogP contribution in [0, 0.1) is 11.2 Å². The predicted molar refractivity (Wildman–Crippen MR) is 83.2 cm³/mol. The van der Waals surface area contributed by atoms with Gasteiger partial charge in [0.05, 0.1) is 23.4 Å². The first-order chi connectivity index (χ1) is 11.0. The third-order valence-corrected chi connectivity index (χ3v) is 6.92. The monoisotopic (exact) mass is 336 g/mol. The number of sulfone groups is 1. The van der Waals surface area contributed by atoms with Gasteiger partial charge in [0.2, 0.25) is 0 Å². The van der Waals surface area contributed by atoms with Crippen molar-refractivity contribution in [1.29, 1.82) is 0 Å². The maximum Gasteiger partial charge on any atom is 0.182 e. The van der Waals surface area contributed by atoms with Crippen molar-refractivity contribution in [2.45, 2.75) is 16.1 Å². The number of halogens is 1. The number of hydrogen-bond acceptors (Lipinski definition) is 4. The summed E-state index contributed by atoms with van der Waals surface area (Å²) in [5.74, 6) is -1.12. The third-order valence-electron chi connectivity index (χ3n) is 4.58. The van der Waals surface area contributed by atoms with Gasteiger partial charge >= 0.3 is 0 Å². The molecule has 2 aromatic rings. The van der Waals surface area contributed by atoms with Crippen LogP contribution in [0.25, 0.3) is 0 Å². The Balaban J connectivity index is 2.07. The van der Waals surface area contributed by atoms with E-state index in [0.717, 1.165) is 0 Å². The summed E-state index contributed by atoms with van der Waals surface area (Å²) in [5.41, 5.74) is -0.722.